The Hall–Kier alpha value is -2.86. The van der Waals surface area contributed by atoms with Gasteiger partial charge in [-0.3, -0.25) is 14.4 Å². The van der Waals surface area contributed by atoms with Crippen LogP contribution >= 0.6 is 11.6 Å². The van der Waals surface area contributed by atoms with Crippen molar-refractivity contribution in [2.75, 3.05) is 15.5 Å². The minimum Gasteiger partial charge on any atom is -0.373 e. The molecule has 3 rings (SSSR count). The van der Waals surface area contributed by atoms with E-state index in [0.717, 1.165) is 4.90 Å². The van der Waals surface area contributed by atoms with E-state index in [9.17, 15) is 14.4 Å². The van der Waals surface area contributed by atoms with Gasteiger partial charge in [0.1, 0.15) is 6.04 Å². The number of hydrogen-bond donors (Lipinski definition) is 2. The van der Waals surface area contributed by atoms with Crippen molar-refractivity contribution in [2.24, 2.45) is 0 Å². The molecule has 0 aromatic heterocycles. The third-order valence-electron chi connectivity index (χ3n) is 3.76. The molecule has 1 aliphatic heterocycles. The van der Waals surface area contributed by atoms with Gasteiger partial charge in [0.2, 0.25) is 11.8 Å². The molecule has 0 saturated carbocycles. The molecule has 0 radical (unpaired) electrons. The highest BCUT2D eigenvalue weighted by atomic mass is 35.5. The van der Waals surface area contributed by atoms with Gasteiger partial charge < -0.3 is 10.6 Å². The number of anilines is 3. The first-order valence-electron chi connectivity index (χ1n) is 7.70. The van der Waals surface area contributed by atoms with Crippen LogP contribution in [0.25, 0.3) is 0 Å². The molecule has 0 bridgehead atoms. The van der Waals surface area contributed by atoms with Gasteiger partial charge in [-0.05, 0) is 42.5 Å². The summed E-state index contributed by atoms with van der Waals surface area (Å²) in [5, 5.41) is 6.19. The summed E-state index contributed by atoms with van der Waals surface area (Å²) >= 11 is 5.94. The summed E-state index contributed by atoms with van der Waals surface area (Å²) in [5.74, 6) is -0.757. The Bertz CT molecular complexity index is 836. The molecule has 1 aliphatic rings. The van der Waals surface area contributed by atoms with Crippen LogP contribution in [0, 0.1) is 0 Å². The lowest BCUT2D eigenvalue weighted by molar-refractivity contribution is -0.121. The Labute approximate surface area is 149 Å². The minimum absolute atomic E-state index is 0.0682. The van der Waals surface area contributed by atoms with Gasteiger partial charge in [-0.2, -0.15) is 0 Å². The van der Waals surface area contributed by atoms with E-state index in [-0.39, 0.29) is 24.1 Å². The highest BCUT2D eigenvalue weighted by Gasteiger charge is 2.39. The van der Waals surface area contributed by atoms with Gasteiger partial charge in [0.15, 0.2) is 0 Å². The molecule has 2 aromatic rings. The van der Waals surface area contributed by atoms with Crippen molar-refractivity contribution < 1.29 is 14.4 Å². The molecule has 0 aliphatic carbocycles. The van der Waals surface area contributed by atoms with Crippen LogP contribution in [0.3, 0.4) is 0 Å². The van der Waals surface area contributed by atoms with E-state index in [0.29, 0.717) is 22.1 Å². The first kappa shape index (κ1) is 17.0. The van der Waals surface area contributed by atoms with Crippen LogP contribution in [0.2, 0.25) is 5.02 Å². The summed E-state index contributed by atoms with van der Waals surface area (Å²) in [7, 11) is 0. The Balaban J connectivity index is 1.73. The smallest absolute Gasteiger partial charge is 0.256 e. The lowest BCUT2D eigenvalue weighted by Crippen LogP contribution is -2.34. The maximum atomic E-state index is 12.6. The molecular formula is C18H16ClN3O3. The second-order valence-electron chi connectivity index (χ2n) is 5.71. The number of amides is 3. The second kappa shape index (κ2) is 6.94. The van der Waals surface area contributed by atoms with Gasteiger partial charge >= 0.3 is 0 Å². The standard InChI is InChI=1S/C18H16ClN3O3/c1-11(23)20-13-5-7-14(8-6-13)21-16-10-17(24)22(18(16)25)15-4-2-3-12(19)9-15/h2-9,16,21H,10H2,1H3,(H,20,23)/t16-/m0/s1. The SMILES string of the molecule is CC(=O)Nc1ccc(N[C@H]2CC(=O)N(c3cccc(Cl)c3)C2=O)cc1. The fourth-order valence-electron chi connectivity index (χ4n) is 2.69. The van der Waals surface area contributed by atoms with E-state index < -0.39 is 6.04 Å². The zero-order valence-electron chi connectivity index (χ0n) is 13.5. The average molecular weight is 358 g/mol. The summed E-state index contributed by atoms with van der Waals surface area (Å²) in [5.41, 5.74) is 1.81. The number of halogens is 1. The fraction of sp³-hybridized carbons (Fsp3) is 0.167. The van der Waals surface area contributed by atoms with Crippen LogP contribution in [0.5, 0.6) is 0 Å². The summed E-state index contributed by atoms with van der Waals surface area (Å²) in [6, 6.07) is 12.9. The number of benzene rings is 2. The van der Waals surface area contributed by atoms with Gasteiger partial charge in [-0.25, -0.2) is 4.90 Å². The van der Waals surface area contributed by atoms with E-state index in [4.69, 9.17) is 11.6 Å². The van der Waals surface area contributed by atoms with Crippen molar-refractivity contribution in [2.45, 2.75) is 19.4 Å². The number of hydrogen-bond acceptors (Lipinski definition) is 4. The molecule has 2 N–H and O–H groups in total. The molecule has 1 heterocycles. The van der Waals surface area contributed by atoms with Crippen molar-refractivity contribution in [3.05, 3.63) is 53.6 Å². The zero-order chi connectivity index (χ0) is 18.0. The predicted octanol–water partition coefficient (Wildman–Crippen LogP) is 3.04. The van der Waals surface area contributed by atoms with Gasteiger partial charge in [0.25, 0.3) is 5.91 Å². The number of carbonyl (C=O) groups excluding carboxylic acids is 3. The number of carbonyl (C=O) groups is 3. The fourth-order valence-corrected chi connectivity index (χ4v) is 2.87. The normalized spacial score (nSPS) is 16.9. The monoisotopic (exact) mass is 357 g/mol. The van der Waals surface area contributed by atoms with E-state index in [1.54, 1.807) is 48.5 Å². The first-order chi connectivity index (χ1) is 11.9. The molecule has 7 heteroatoms. The first-order valence-corrected chi connectivity index (χ1v) is 8.08. The maximum Gasteiger partial charge on any atom is 0.256 e. The van der Waals surface area contributed by atoms with Crippen LogP contribution in [0.4, 0.5) is 17.1 Å². The van der Waals surface area contributed by atoms with Crippen LogP contribution in [0.1, 0.15) is 13.3 Å². The van der Waals surface area contributed by atoms with Gasteiger partial charge in [0, 0.05) is 23.3 Å². The molecule has 6 nitrogen and oxygen atoms in total. The lowest BCUT2D eigenvalue weighted by atomic mass is 10.2. The Morgan fingerprint density at radius 2 is 1.80 bits per heavy atom. The number of rotatable bonds is 4. The molecule has 25 heavy (non-hydrogen) atoms. The number of nitrogens with zero attached hydrogens (tertiary/aromatic N) is 1. The Morgan fingerprint density at radius 1 is 1.12 bits per heavy atom. The number of imide groups is 1. The maximum absolute atomic E-state index is 12.6. The van der Waals surface area contributed by atoms with Crippen LogP contribution < -0.4 is 15.5 Å². The van der Waals surface area contributed by atoms with Crippen molar-refractivity contribution in [3.8, 4) is 0 Å². The van der Waals surface area contributed by atoms with Crippen molar-refractivity contribution in [3.63, 3.8) is 0 Å². The molecule has 2 aromatic carbocycles. The van der Waals surface area contributed by atoms with Crippen molar-refractivity contribution in [1.29, 1.82) is 0 Å². The van der Waals surface area contributed by atoms with Gasteiger partial charge in [-0.1, -0.05) is 17.7 Å². The zero-order valence-corrected chi connectivity index (χ0v) is 14.2. The molecule has 1 fully saturated rings. The van der Waals surface area contributed by atoms with Crippen molar-refractivity contribution >= 4 is 46.4 Å². The molecule has 0 unspecified atom stereocenters. The lowest BCUT2D eigenvalue weighted by Gasteiger charge is -2.16. The summed E-state index contributed by atoms with van der Waals surface area (Å²) < 4.78 is 0. The van der Waals surface area contributed by atoms with Crippen LogP contribution in [-0.4, -0.2) is 23.8 Å². The van der Waals surface area contributed by atoms with Crippen molar-refractivity contribution in [1.82, 2.24) is 0 Å². The minimum atomic E-state index is -0.641. The van der Waals surface area contributed by atoms with E-state index >= 15 is 0 Å². The van der Waals surface area contributed by atoms with Gasteiger partial charge in [-0.15, -0.1) is 0 Å². The average Bonchev–Trinajstić information content (AvgIpc) is 2.83. The molecule has 0 spiro atoms. The van der Waals surface area contributed by atoms with Crippen LogP contribution in [0.15, 0.2) is 48.5 Å². The summed E-state index contributed by atoms with van der Waals surface area (Å²) in [4.78, 5) is 37.0. The molecular weight excluding hydrogens is 342 g/mol. The highest BCUT2D eigenvalue weighted by Crippen LogP contribution is 2.27. The van der Waals surface area contributed by atoms with Crippen LogP contribution in [-0.2, 0) is 14.4 Å². The number of nitrogens with one attached hydrogen (secondary N) is 2. The molecule has 1 saturated heterocycles. The summed E-state index contributed by atoms with van der Waals surface area (Å²) in [6.45, 7) is 1.43. The quantitative estimate of drug-likeness (QED) is 0.824. The predicted molar refractivity (Wildman–Crippen MR) is 96.7 cm³/mol. The van der Waals surface area contributed by atoms with E-state index in [1.807, 2.05) is 0 Å². The Morgan fingerprint density at radius 3 is 2.44 bits per heavy atom. The molecule has 3 amide bonds. The van der Waals surface area contributed by atoms with E-state index in [1.165, 1.54) is 6.92 Å². The Kier molecular flexibility index (Phi) is 4.72. The third-order valence-corrected chi connectivity index (χ3v) is 3.99. The third kappa shape index (κ3) is 3.80. The molecule has 128 valence electrons. The highest BCUT2D eigenvalue weighted by molar-refractivity contribution is 6.31. The largest absolute Gasteiger partial charge is 0.373 e. The molecule has 1 atom stereocenters. The summed E-state index contributed by atoms with van der Waals surface area (Å²) in [6.07, 6.45) is 0.0682. The van der Waals surface area contributed by atoms with Gasteiger partial charge in [0.05, 0.1) is 12.1 Å². The second-order valence-corrected chi connectivity index (χ2v) is 6.14. The van der Waals surface area contributed by atoms with E-state index in [2.05, 4.69) is 10.6 Å². The topological polar surface area (TPSA) is 78.5 Å².